The lowest BCUT2D eigenvalue weighted by atomic mass is 10.1. The molecular weight excluding hydrogens is 398 g/mol. The smallest absolute Gasteiger partial charge is 0.305 e. The molecule has 0 saturated carbocycles. The van der Waals surface area contributed by atoms with Gasteiger partial charge in [0.1, 0.15) is 23.3 Å². The number of hydrogen-bond acceptors (Lipinski definition) is 6. The molecule has 3 rings (SSSR count). The second-order valence-corrected chi connectivity index (χ2v) is 7.13. The first-order chi connectivity index (χ1) is 13.9. The third-order valence-corrected chi connectivity index (χ3v) is 4.77. The number of aryl methyl sites for hydroxylation is 1. The van der Waals surface area contributed by atoms with Crippen molar-refractivity contribution < 1.29 is 24.2 Å². The van der Waals surface area contributed by atoms with Crippen molar-refractivity contribution in [2.45, 2.75) is 39.2 Å². The summed E-state index contributed by atoms with van der Waals surface area (Å²) in [5.41, 5.74) is 1.95. The van der Waals surface area contributed by atoms with Gasteiger partial charge in [-0.05, 0) is 31.5 Å². The molecule has 1 atom stereocenters. The molecule has 8 nitrogen and oxygen atoms in total. The van der Waals surface area contributed by atoms with Crippen molar-refractivity contribution >= 4 is 29.2 Å². The molecule has 1 amide bonds. The van der Waals surface area contributed by atoms with E-state index in [1.165, 1.54) is 4.90 Å². The summed E-state index contributed by atoms with van der Waals surface area (Å²) in [6.45, 7) is 3.77. The van der Waals surface area contributed by atoms with Gasteiger partial charge < -0.3 is 19.5 Å². The third kappa shape index (κ3) is 4.95. The first-order valence-electron chi connectivity index (χ1n) is 9.34. The van der Waals surface area contributed by atoms with E-state index in [1.54, 1.807) is 12.1 Å². The number of rotatable bonds is 8. The molecule has 9 heteroatoms. The minimum atomic E-state index is -0.987. The van der Waals surface area contributed by atoms with Gasteiger partial charge in [-0.1, -0.05) is 24.9 Å². The molecule has 1 aromatic carbocycles. The zero-order valence-corrected chi connectivity index (χ0v) is 17.0. The minimum absolute atomic E-state index is 0.0402. The van der Waals surface area contributed by atoms with Gasteiger partial charge in [0.15, 0.2) is 6.61 Å². The Kier molecular flexibility index (Phi) is 6.53. The quantitative estimate of drug-likeness (QED) is 0.697. The Morgan fingerprint density at radius 1 is 1.38 bits per heavy atom. The van der Waals surface area contributed by atoms with Crippen LogP contribution in [0.5, 0.6) is 11.5 Å². The Morgan fingerprint density at radius 3 is 2.83 bits per heavy atom. The summed E-state index contributed by atoms with van der Waals surface area (Å²) in [5.74, 6) is -0.487. The van der Waals surface area contributed by atoms with E-state index in [4.69, 9.17) is 26.2 Å². The number of carbonyl (C=O) groups excluding carboxylic acids is 1. The van der Waals surface area contributed by atoms with Crippen LogP contribution < -0.4 is 14.4 Å². The number of carboxylic acids is 1. The van der Waals surface area contributed by atoms with Gasteiger partial charge >= 0.3 is 5.97 Å². The summed E-state index contributed by atoms with van der Waals surface area (Å²) < 4.78 is 11.7. The van der Waals surface area contributed by atoms with Crippen molar-refractivity contribution in [3.05, 3.63) is 40.7 Å². The second-order valence-electron chi connectivity index (χ2n) is 6.72. The van der Waals surface area contributed by atoms with E-state index >= 15 is 0 Å². The van der Waals surface area contributed by atoms with Gasteiger partial charge in [-0.25, -0.2) is 0 Å². The van der Waals surface area contributed by atoms with Gasteiger partial charge in [0.05, 0.1) is 22.8 Å². The van der Waals surface area contributed by atoms with Crippen LogP contribution in [0.15, 0.2) is 24.3 Å². The number of hydrogen-bond donors (Lipinski definition) is 1. The summed E-state index contributed by atoms with van der Waals surface area (Å²) in [6.07, 6.45) is 1.08. The first kappa shape index (κ1) is 20.9. The Hall–Kier alpha value is -2.87. The van der Waals surface area contributed by atoms with Gasteiger partial charge in [0, 0.05) is 12.6 Å². The average molecular weight is 420 g/mol. The molecule has 2 heterocycles. The fraction of sp³-hybridized carbons (Fsp3) is 0.400. The maximum absolute atomic E-state index is 12.2. The maximum Gasteiger partial charge on any atom is 0.305 e. The molecule has 29 heavy (non-hydrogen) atoms. The van der Waals surface area contributed by atoms with Crippen LogP contribution >= 0.6 is 11.6 Å². The molecular formula is C20H22ClN3O5. The van der Waals surface area contributed by atoms with E-state index in [2.05, 4.69) is 10.2 Å². The second kappa shape index (κ2) is 9.09. The van der Waals surface area contributed by atoms with Crippen LogP contribution in [0.25, 0.3) is 0 Å². The predicted molar refractivity (Wildman–Crippen MR) is 107 cm³/mol. The highest BCUT2D eigenvalue weighted by atomic mass is 35.5. The van der Waals surface area contributed by atoms with Gasteiger partial charge in [0.25, 0.3) is 5.91 Å². The Balaban J connectivity index is 1.88. The summed E-state index contributed by atoms with van der Waals surface area (Å²) >= 11 is 6.42. The number of carbonyl (C=O) groups is 2. The van der Waals surface area contributed by atoms with Crippen LogP contribution in [0.2, 0.25) is 5.02 Å². The molecule has 0 saturated heterocycles. The lowest BCUT2D eigenvalue weighted by Gasteiger charge is -2.30. The topological polar surface area (TPSA) is 102 Å². The van der Waals surface area contributed by atoms with Gasteiger partial charge in [0.2, 0.25) is 0 Å². The van der Waals surface area contributed by atoms with Crippen molar-refractivity contribution in [3.63, 3.8) is 0 Å². The van der Waals surface area contributed by atoms with Crippen LogP contribution in [0.4, 0.5) is 5.69 Å². The highest BCUT2D eigenvalue weighted by Gasteiger charge is 2.28. The number of nitrogens with zero attached hydrogens (tertiary/aromatic N) is 3. The third-order valence-electron chi connectivity index (χ3n) is 4.47. The molecule has 1 aliphatic heterocycles. The molecule has 0 radical (unpaired) electrons. The lowest BCUT2D eigenvalue weighted by molar-refractivity contribution is -0.136. The van der Waals surface area contributed by atoms with Crippen LogP contribution in [0, 0.1) is 6.92 Å². The number of aliphatic carboxylic acids is 1. The number of amides is 1. The summed E-state index contributed by atoms with van der Waals surface area (Å²) in [7, 11) is 0. The number of halogens is 1. The molecule has 0 fully saturated rings. The normalized spacial score (nSPS) is 14.2. The number of aromatic nitrogens is 2. The Bertz CT molecular complexity index is 904. The Labute approximate surface area is 173 Å². The van der Waals surface area contributed by atoms with Crippen molar-refractivity contribution in [1.82, 2.24) is 10.2 Å². The van der Waals surface area contributed by atoms with E-state index in [9.17, 15) is 9.59 Å². The first-order valence-corrected chi connectivity index (χ1v) is 9.72. The zero-order chi connectivity index (χ0) is 21.0. The summed E-state index contributed by atoms with van der Waals surface area (Å²) in [4.78, 5) is 24.4. The van der Waals surface area contributed by atoms with Crippen LogP contribution in [-0.2, 0) is 9.59 Å². The number of carboxylic acid groups (broad SMARTS) is 1. The van der Waals surface area contributed by atoms with Crippen LogP contribution in [0.1, 0.15) is 43.7 Å². The number of ether oxygens (including phenoxy) is 2. The maximum atomic E-state index is 12.2. The Morgan fingerprint density at radius 2 is 2.17 bits per heavy atom. The van der Waals surface area contributed by atoms with E-state index in [1.807, 2.05) is 26.0 Å². The van der Waals surface area contributed by atoms with E-state index in [0.717, 1.165) is 18.5 Å². The molecule has 1 aliphatic rings. The largest absolute Gasteiger partial charge is 0.482 e. The standard InChI is InChI=1S/C20H22ClN3O5/c1-3-4-16(14-6-5-12(2)22-23-14)29-17-10-18-15(9-13(17)21)24(8-7-20(26)27)19(25)11-28-18/h5-6,9-10,16H,3-4,7-8,11H2,1-2H3,(H,26,27)/t16-/m0/s1. The molecule has 1 N–H and O–H groups in total. The fourth-order valence-electron chi connectivity index (χ4n) is 3.01. The molecule has 0 unspecified atom stereocenters. The van der Waals surface area contributed by atoms with E-state index < -0.39 is 5.97 Å². The van der Waals surface area contributed by atoms with Gasteiger partial charge in [-0.2, -0.15) is 10.2 Å². The molecule has 2 aromatic rings. The zero-order valence-electron chi connectivity index (χ0n) is 16.2. The van der Waals surface area contributed by atoms with Crippen molar-refractivity contribution in [3.8, 4) is 11.5 Å². The van der Waals surface area contributed by atoms with Crippen molar-refractivity contribution in [2.75, 3.05) is 18.1 Å². The van der Waals surface area contributed by atoms with Crippen molar-refractivity contribution in [1.29, 1.82) is 0 Å². The summed E-state index contributed by atoms with van der Waals surface area (Å²) in [5, 5.41) is 17.5. The van der Waals surface area contributed by atoms with Gasteiger partial charge in [-0.3, -0.25) is 9.59 Å². The number of fused-ring (bicyclic) bond motifs is 1. The van der Waals surface area contributed by atoms with E-state index in [0.29, 0.717) is 27.9 Å². The van der Waals surface area contributed by atoms with Crippen molar-refractivity contribution in [2.24, 2.45) is 0 Å². The predicted octanol–water partition coefficient (Wildman–Crippen LogP) is 3.56. The average Bonchev–Trinajstić information content (AvgIpc) is 2.68. The summed E-state index contributed by atoms with van der Waals surface area (Å²) in [6, 6.07) is 6.94. The number of anilines is 1. The SMILES string of the molecule is CCC[C@H](Oc1cc2c(cc1Cl)N(CCC(=O)O)C(=O)CO2)c1ccc(C)nn1. The van der Waals surface area contributed by atoms with E-state index in [-0.39, 0.29) is 31.6 Å². The molecule has 0 aliphatic carbocycles. The highest BCUT2D eigenvalue weighted by molar-refractivity contribution is 6.32. The highest BCUT2D eigenvalue weighted by Crippen LogP contribution is 2.42. The van der Waals surface area contributed by atoms with Crippen LogP contribution in [0.3, 0.4) is 0 Å². The molecule has 1 aromatic heterocycles. The van der Waals surface area contributed by atoms with Crippen LogP contribution in [-0.4, -0.2) is 40.3 Å². The lowest BCUT2D eigenvalue weighted by Crippen LogP contribution is -2.40. The van der Waals surface area contributed by atoms with Gasteiger partial charge in [-0.15, -0.1) is 0 Å². The minimum Gasteiger partial charge on any atom is -0.482 e. The number of benzene rings is 1. The molecule has 0 bridgehead atoms. The molecule has 0 spiro atoms. The monoisotopic (exact) mass is 419 g/mol. The molecule has 154 valence electrons. The fourth-order valence-corrected chi connectivity index (χ4v) is 3.21.